The SMILES string of the molecule is O=C(Cc1ccc(F)cc1)N1CCCC(C(=O)N2CCC(O)CC2)C1. The van der Waals surface area contributed by atoms with E-state index < -0.39 is 0 Å². The highest BCUT2D eigenvalue weighted by molar-refractivity contribution is 5.82. The minimum Gasteiger partial charge on any atom is -0.393 e. The second-order valence-corrected chi connectivity index (χ2v) is 7.04. The van der Waals surface area contributed by atoms with E-state index in [2.05, 4.69) is 0 Å². The number of benzene rings is 1. The molecular weight excluding hydrogens is 323 g/mol. The summed E-state index contributed by atoms with van der Waals surface area (Å²) in [5.41, 5.74) is 0.782. The maximum absolute atomic E-state index is 13.0. The Hall–Kier alpha value is -1.95. The molecule has 136 valence electrons. The fourth-order valence-electron chi connectivity index (χ4n) is 3.64. The van der Waals surface area contributed by atoms with Crippen LogP contribution in [0.15, 0.2) is 24.3 Å². The summed E-state index contributed by atoms with van der Waals surface area (Å²) in [5.74, 6) is -0.378. The van der Waals surface area contributed by atoms with Gasteiger partial charge < -0.3 is 14.9 Å². The highest BCUT2D eigenvalue weighted by atomic mass is 19.1. The van der Waals surface area contributed by atoms with Crippen LogP contribution in [0.1, 0.15) is 31.2 Å². The molecule has 0 bridgehead atoms. The predicted octanol–water partition coefficient (Wildman–Crippen LogP) is 1.59. The quantitative estimate of drug-likeness (QED) is 0.902. The first-order chi connectivity index (χ1) is 12.0. The monoisotopic (exact) mass is 348 g/mol. The Bertz CT molecular complexity index is 612. The Balaban J connectivity index is 1.55. The Morgan fingerprint density at radius 1 is 1.04 bits per heavy atom. The van der Waals surface area contributed by atoms with Gasteiger partial charge in [0.25, 0.3) is 0 Å². The number of likely N-dealkylation sites (tertiary alicyclic amines) is 2. The van der Waals surface area contributed by atoms with E-state index in [0.717, 1.165) is 18.4 Å². The molecule has 0 aliphatic carbocycles. The molecule has 2 aliphatic heterocycles. The van der Waals surface area contributed by atoms with Gasteiger partial charge >= 0.3 is 0 Å². The standard InChI is InChI=1S/C19H25FN2O3/c20-16-5-3-14(4-6-16)12-18(24)22-9-1-2-15(13-22)19(25)21-10-7-17(23)8-11-21/h3-6,15,17,23H,1-2,7-13H2. The third-order valence-electron chi connectivity index (χ3n) is 5.17. The minimum absolute atomic E-state index is 0.0156. The van der Waals surface area contributed by atoms with Gasteiger partial charge in [-0.1, -0.05) is 12.1 Å². The van der Waals surface area contributed by atoms with Crippen LogP contribution in [0.3, 0.4) is 0 Å². The third kappa shape index (κ3) is 4.57. The van der Waals surface area contributed by atoms with Crippen LogP contribution in [0.4, 0.5) is 4.39 Å². The Morgan fingerprint density at radius 2 is 1.72 bits per heavy atom. The van der Waals surface area contributed by atoms with E-state index in [4.69, 9.17) is 0 Å². The molecule has 2 amide bonds. The summed E-state index contributed by atoms with van der Waals surface area (Å²) in [6, 6.07) is 5.96. The molecule has 2 saturated heterocycles. The summed E-state index contributed by atoms with van der Waals surface area (Å²) in [4.78, 5) is 28.8. The minimum atomic E-state index is -0.313. The molecule has 0 aromatic heterocycles. The third-order valence-corrected chi connectivity index (χ3v) is 5.17. The molecule has 5 nitrogen and oxygen atoms in total. The van der Waals surface area contributed by atoms with Gasteiger partial charge in [0.2, 0.25) is 11.8 Å². The smallest absolute Gasteiger partial charge is 0.227 e. The van der Waals surface area contributed by atoms with Crippen molar-refractivity contribution in [3.8, 4) is 0 Å². The van der Waals surface area contributed by atoms with E-state index in [-0.39, 0.29) is 36.1 Å². The summed E-state index contributed by atoms with van der Waals surface area (Å²) in [6.45, 7) is 2.32. The van der Waals surface area contributed by atoms with Gasteiger partial charge in [-0.05, 0) is 43.4 Å². The summed E-state index contributed by atoms with van der Waals surface area (Å²) < 4.78 is 13.0. The lowest BCUT2D eigenvalue weighted by atomic mass is 9.94. The van der Waals surface area contributed by atoms with Crippen molar-refractivity contribution in [2.24, 2.45) is 5.92 Å². The van der Waals surface area contributed by atoms with Crippen molar-refractivity contribution < 1.29 is 19.1 Å². The van der Waals surface area contributed by atoms with Gasteiger partial charge in [0.15, 0.2) is 0 Å². The van der Waals surface area contributed by atoms with Gasteiger partial charge in [-0.15, -0.1) is 0 Å². The Kier molecular flexibility index (Phi) is 5.68. The molecule has 0 radical (unpaired) electrons. The van der Waals surface area contributed by atoms with E-state index >= 15 is 0 Å². The number of piperidine rings is 2. The van der Waals surface area contributed by atoms with Gasteiger partial charge in [-0.25, -0.2) is 4.39 Å². The van der Waals surface area contributed by atoms with Gasteiger partial charge in [0.1, 0.15) is 5.82 Å². The molecule has 1 N–H and O–H groups in total. The average molecular weight is 348 g/mol. The number of halogens is 1. The topological polar surface area (TPSA) is 60.9 Å². The molecule has 1 aromatic carbocycles. The van der Waals surface area contributed by atoms with E-state index in [0.29, 0.717) is 39.0 Å². The van der Waals surface area contributed by atoms with Crippen LogP contribution >= 0.6 is 0 Å². The van der Waals surface area contributed by atoms with Crippen molar-refractivity contribution in [3.05, 3.63) is 35.6 Å². The first-order valence-corrected chi connectivity index (χ1v) is 9.02. The number of amides is 2. The highest BCUT2D eigenvalue weighted by Crippen LogP contribution is 2.22. The summed E-state index contributed by atoms with van der Waals surface area (Å²) >= 11 is 0. The van der Waals surface area contributed by atoms with Gasteiger partial charge in [-0.2, -0.15) is 0 Å². The van der Waals surface area contributed by atoms with E-state index in [1.165, 1.54) is 12.1 Å². The van der Waals surface area contributed by atoms with Crippen molar-refractivity contribution in [2.45, 2.75) is 38.2 Å². The van der Waals surface area contributed by atoms with Crippen LogP contribution in [-0.4, -0.2) is 59.0 Å². The van der Waals surface area contributed by atoms with E-state index in [9.17, 15) is 19.1 Å². The number of hydrogen-bond acceptors (Lipinski definition) is 3. The molecule has 0 spiro atoms. The van der Waals surface area contributed by atoms with Crippen LogP contribution in [0.5, 0.6) is 0 Å². The van der Waals surface area contributed by atoms with Crippen molar-refractivity contribution in [1.82, 2.24) is 9.80 Å². The number of aliphatic hydroxyl groups excluding tert-OH is 1. The number of hydrogen-bond donors (Lipinski definition) is 1. The largest absolute Gasteiger partial charge is 0.393 e. The highest BCUT2D eigenvalue weighted by Gasteiger charge is 2.32. The van der Waals surface area contributed by atoms with Crippen LogP contribution < -0.4 is 0 Å². The number of rotatable bonds is 3. The number of nitrogens with zero attached hydrogens (tertiary/aromatic N) is 2. The zero-order valence-electron chi connectivity index (χ0n) is 14.4. The fourth-order valence-corrected chi connectivity index (χ4v) is 3.64. The van der Waals surface area contributed by atoms with E-state index in [1.807, 2.05) is 4.90 Å². The predicted molar refractivity (Wildman–Crippen MR) is 91.2 cm³/mol. The number of carbonyl (C=O) groups is 2. The lowest BCUT2D eigenvalue weighted by Crippen LogP contribution is -2.49. The molecule has 25 heavy (non-hydrogen) atoms. The van der Waals surface area contributed by atoms with Gasteiger partial charge in [0, 0.05) is 26.2 Å². The molecule has 2 fully saturated rings. The first kappa shape index (κ1) is 17.9. The molecule has 1 unspecified atom stereocenters. The second kappa shape index (κ2) is 7.95. The summed E-state index contributed by atoms with van der Waals surface area (Å²) in [7, 11) is 0. The van der Waals surface area contributed by atoms with Crippen LogP contribution in [0.25, 0.3) is 0 Å². The number of aliphatic hydroxyl groups is 1. The molecule has 2 aliphatic rings. The molecule has 2 heterocycles. The van der Waals surface area contributed by atoms with Crippen molar-refractivity contribution in [2.75, 3.05) is 26.2 Å². The maximum atomic E-state index is 13.0. The zero-order chi connectivity index (χ0) is 17.8. The van der Waals surface area contributed by atoms with Crippen molar-refractivity contribution >= 4 is 11.8 Å². The average Bonchev–Trinajstić information content (AvgIpc) is 2.64. The van der Waals surface area contributed by atoms with E-state index in [1.54, 1.807) is 17.0 Å². The molecular formula is C19H25FN2O3. The van der Waals surface area contributed by atoms with Gasteiger partial charge in [0.05, 0.1) is 18.4 Å². The second-order valence-electron chi connectivity index (χ2n) is 7.04. The zero-order valence-corrected chi connectivity index (χ0v) is 14.4. The lowest BCUT2D eigenvalue weighted by Gasteiger charge is -2.37. The summed E-state index contributed by atoms with van der Waals surface area (Å²) in [5, 5.41) is 9.58. The Labute approximate surface area is 147 Å². The molecule has 0 saturated carbocycles. The lowest BCUT2D eigenvalue weighted by molar-refractivity contribution is -0.142. The Morgan fingerprint density at radius 3 is 2.40 bits per heavy atom. The van der Waals surface area contributed by atoms with Crippen molar-refractivity contribution in [1.29, 1.82) is 0 Å². The van der Waals surface area contributed by atoms with Crippen LogP contribution in [0.2, 0.25) is 0 Å². The normalized spacial score (nSPS) is 22.1. The summed E-state index contributed by atoms with van der Waals surface area (Å²) in [6.07, 6.45) is 2.82. The van der Waals surface area contributed by atoms with Crippen LogP contribution in [0, 0.1) is 11.7 Å². The molecule has 3 rings (SSSR count). The molecule has 1 aromatic rings. The molecule has 6 heteroatoms. The fraction of sp³-hybridized carbons (Fsp3) is 0.579. The van der Waals surface area contributed by atoms with Crippen LogP contribution in [-0.2, 0) is 16.0 Å². The maximum Gasteiger partial charge on any atom is 0.227 e. The van der Waals surface area contributed by atoms with Crippen molar-refractivity contribution in [3.63, 3.8) is 0 Å². The molecule has 1 atom stereocenters. The number of carbonyl (C=O) groups excluding carboxylic acids is 2. The first-order valence-electron chi connectivity index (χ1n) is 9.02. The van der Waals surface area contributed by atoms with Gasteiger partial charge in [-0.3, -0.25) is 9.59 Å².